The van der Waals surface area contributed by atoms with Gasteiger partial charge in [0.2, 0.25) is 0 Å². The number of rotatable bonds is 3. The number of hydrogen-bond acceptors (Lipinski definition) is 1. The van der Waals surface area contributed by atoms with Gasteiger partial charge >= 0.3 is 0 Å². The zero-order chi connectivity index (χ0) is 12.5. The van der Waals surface area contributed by atoms with E-state index in [9.17, 15) is 0 Å². The molecule has 0 spiro atoms. The first-order valence-electron chi connectivity index (χ1n) is 6.23. The van der Waals surface area contributed by atoms with Crippen LogP contribution in [0.5, 0.6) is 0 Å². The SMILES string of the molecule is CC(C)C1(Cc2c(Cl)cccc2Cl)CCCN1. The number of benzene rings is 1. The molecule has 1 unspecified atom stereocenters. The fraction of sp³-hybridized carbons (Fsp3) is 0.571. The number of nitrogens with one attached hydrogen (secondary N) is 1. The highest BCUT2D eigenvalue weighted by Gasteiger charge is 2.37. The van der Waals surface area contributed by atoms with E-state index in [4.69, 9.17) is 23.2 Å². The summed E-state index contributed by atoms with van der Waals surface area (Å²) in [5.41, 5.74) is 1.24. The molecule has 0 radical (unpaired) electrons. The van der Waals surface area contributed by atoms with E-state index in [2.05, 4.69) is 19.2 Å². The molecule has 0 aliphatic carbocycles. The lowest BCUT2D eigenvalue weighted by Crippen LogP contribution is -2.46. The van der Waals surface area contributed by atoms with Gasteiger partial charge in [-0.15, -0.1) is 0 Å². The molecule has 1 nitrogen and oxygen atoms in total. The summed E-state index contributed by atoms with van der Waals surface area (Å²) in [6.45, 7) is 5.63. The summed E-state index contributed by atoms with van der Waals surface area (Å²) in [4.78, 5) is 0. The van der Waals surface area contributed by atoms with E-state index in [1.54, 1.807) is 0 Å². The second-order valence-corrected chi connectivity index (χ2v) is 6.03. The Morgan fingerprint density at radius 1 is 1.29 bits per heavy atom. The normalized spacial score (nSPS) is 24.5. The van der Waals surface area contributed by atoms with Crippen molar-refractivity contribution in [2.24, 2.45) is 5.92 Å². The van der Waals surface area contributed by atoms with Crippen molar-refractivity contribution in [3.05, 3.63) is 33.8 Å². The molecule has 17 heavy (non-hydrogen) atoms. The zero-order valence-corrected chi connectivity index (χ0v) is 11.9. The lowest BCUT2D eigenvalue weighted by atomic mass is 9.80. The Bertz CT molecular complexity index is 375. The Morgan fingerprint density at radius 2 is 1.94 bits per heavy atom. The second kappa shape index (κ2) is 5.17. The molecule has 3 heteroatoms. The molecular formula is C14H19Cl2N. The first-order chi connectivity index (χ1) is 8.05. The molecule has 0 saturated carbocycles. The molecule has 1 saturated heterocycles. The minimum atomic E-state index is 0.161. The quantitative estimate of drug-likeness (QED) is 0.864. The minimum Gasteiger partial charge on any atom is -0.311 e. The Kier molecular flexibility index (Phi) is 4.02. The Hall–Kier alpha value is -0.240. The van der Waals surface area contributed by atoms with E-state index in [-0.39, 0.29) is 5.54 Å². The summed E-state index contributed by atoms with van der Waals surface area (Å²) in [5, 5.41) is 5.22. The van der Waals surface area contributed by atoms with Gasteiger partial charge in [0.05, 0.1) is 0 Å². The van der Waals surface area contributed by atoms with Gasteiger partial charge in [-0.25, -0.2) is 0 Å². The smallest absolute Gasteiger partial charge is 0.0453 e. The Balaban J connectivity index is 2.30. The van der Waals surface area contributed by atoms with Gasteiger partial charge in [0.15, 0.2) is 0 Å². The molecule has 2 rings (SSSR count). The molecule has 94 valence electrons. The van der Waals surface area contributed by atoms with Crippen molar-refractivity contribution in [1.29, 1.82) is 0 Å². The van der Waals surface area contributed by atoms with Gasteiger partial charge < -0.3 is 5.32 Å². The van der Waals surface area contributed by atoms with Crippen molar-refractivity contribution in [2.45, 2.75) is 38.6 Å². The van der Waals surface area contributed by atoms with Crippen LogP contribution in [0.1, 0.15) is 32.3 Å². The van der Waals surface area contributed by atoms with Crippen LogP contribution in [0.4, 0.5) is 0 Å². The van der Waals surface area contributed by atoms with Crippen LogP contribution >= 0.6 is 23.2 Å². The monoisotopic (exact) mass is 271 g/mol. The largest absolute Gasteiger partial charge is 0.311 e. The number of halogens is 2. The second-order valence-electron chi connectivity index (χ2n) is 5.22. The molecule has 0 aromatic heterocycles. The lowest BCUT2D eigenvalue weighted by Gasteiger charge is -2.34. The van der Waals surface area contributed by atoms with Gasteiger partial charge in [-0.05, 0) is 49.4 Å². The maximum Gasteiger partial charge on any atom is 0.0453 e. The molecule has 1 aromatic rings. The predicted octanol–water partition coefficient (Wildman–Crippen LogP) is 4.31. The number of hydrogen-bond donors (Lipinski definition) is 1. The first-order valence-corrected chi connectivity index (χ1v) is 6.99. The van der Waals surface area contributed by atoms with E-state index in [0.29, 0.717) is 5.92 Å². The third-order valence-electron chi connectivity index (χ3n) is 3.94. The van der Waals surface area contributed by atoms with E-state index in [1.807, 2.05) is 18.2 Å². The summed E-state index contributed by atoms with van der Waals surface area (Å²) in [6.07, 6.45) is 3.36. The highest BCUT2D eigenvalue weighted by atomic mass is 35.5. The van der Waals surface area contributed by atoms with Gasteiger partial charge in [0.25, 0.3) is 0 Å². The van der Waals surface area contributed by atoms with Crippen LogP contribution in [0.15, 0.2) is 18.2 Å². The van der Waals surface area contributed by atoms with Crippen LogP contribution in [0.3, 0.4) is 0 Å². The molecule has 0 amide bonds. The van der Waals surface area contributed by atoms with Crippen LogP contribution in [-0.2, 0) is 6.42 Å². The molecule has 0 bridgehead atoms. The van der Waals surface area contributed by atoms with Crippen LogP contribution in [0, 0.1) is 5.92 Å². The third kappa shape index (κ3) is 2.62. The highest BCUT2D eigenvalue weighted by molar-refractivity contribution is 6.36. The molecule has 1 atom stereocenters. The standard InChI is InChI=1S/C14H19Cl2N/c1-10(2)14(7-4-8-17-14)9-11-12(15)5-3-6-13(11)16/h3,5-6,10,17H,4,7-9H2,1-2H3. The third-order valence-corrected chi connectivity index (χ3v) is 4.64. The van der Waals surface area contributed by atoms with Crippen LogP contribution < -0.4 is 5.32 Å². The van der Waals surface area contributed by atoms with Crippen molar-refractivity contribution >= 4 is 23.2 Å². The van der Waals surface area contributed by atoms with E-state index >= 15 is 0 Å². The zero-order valence-electron chi connectivity index (χ0n) is 10.4. The Morgan fingerprint density at radius 3 is 2.41 bits per heavy atom. The Labute approximate surface area is 114 Å². The van der Waals surface area contributed by atoms with Gasteiger partial charge in [0, 0.05) is 15.6 Å². The maximum atomic E-state index is 6.26. The molecule has 1 aliphatic rings. The first kappa shape index (κ1) is 13.2. The van der Waals surface area contributed by atoms with Crippen molar-refractivity contribution in [1.82, 2.24) is 5.32 Å². The topological polar surface area (TPSA) is 12.0 Å². The van der Waals surface area contributed by atoms with Gasteiger partial charge in [0.1, 0.15) is 0 Å². The van der Waals surface area contributed by atoms with Crippen molar-refractivity contribution in [2.75, 3.05) is 6.54 Å². The lowest BCUT2D eigenvalue weighted by molar-refractivity contribution is 0.269. The van der Waals surface area contributed by atoms with Crippen molar-refractivity contribution in [3.63, 3.8) is 0 Å². The highest BCUT2D eigenvalue weighted by Crippen LogP contribution is 2.35. The fourth-order valence-corrected chi connectivity index (χ4v) is 3.23. The van der Waals surface area contributed by atoms with Crippen LogP contribution in [0.25, 0.3) is 0 Å². The molecule has 1 heterocycles. The summed E-state index contributed by atoms with van der Waals surface area (Å²) in [7, 11) is 0. The van der Waals surface area contributed by atoms with Crippen LogP contribution in [-0.4, -0.2) is 12.1 Å². The molecule has 1 aromatic carbocycles. The summed E-state index contributed by atoms with van der Waals surface area (Å²) >= 11 is 12.5. The molecule has 1 aliphatic heterocycles. The minimum absolute atomic E-state index is 0.161. The summed E-state index contributed by atoms with van der Waals surface area (Å²) < 4.78 is 0. The van der Waals surface area contributed by atoms with Gasteiger partial charge in [-0.1, -0.05) is 43.1 Å². The molecular weight excluding hydrogens is 253 g/mol. The summed E-state index contributed by atoms with van der Waals surface area (Å²) in [6, 6.07) is 5.75. The predicted molar refractivity (Wildman–Crippen MR) is 75.0 cm³/mol. The molecule has 1 N–H and O–H groups in total. The maximum absolute atomic E-state index is 6.26. The average Bonchev–Trinajstić information content (AvgIpc) is 2.73. The fourth-order valence-electron chi connectivity index (χ4n) is 2.69. The van der Waals surface area contributed by atoms with Crippen molar-refractivity contribution < 1.29 is 0 Å². The molecule has 1 fully saturated rings. The van der Waals surface area contributed by atoms with E-state index in [1.165, 1.54) is 12.8 Å². The van der Waals surface area contributed by atoms with E-state index in [0.717, 1.165) is 28.6 Å². The summed E-state index contributed by atoms with van der Waals surface area (Å²) in [5.74, 6) is 0.581. The van der Waals surface area contributed by atoms with Gasteiger partial charge in [-0.3, -0.25) is 0 Å². The van der Waals surface area contributed by atoms with Crippen LogP contribution in [0.2, 0.25) is 10.0 Å². The van der Waals surface area contributed by atoms with Gasteiger partial charge in [-0.2, -0.15) is 0 Å². The van der Waals surface area contributed by atoms with E-state index < -0.39 is 0 Å². The average molecular weight is 272 g/mol. The van der Waals surface area contributed by atoms with Crippen molar-refractivity contribution in [3.8, 4) is 0 Å².